The standard InChI is InChI=1S/C10H8O.C3H9N.ClH/c11-10-6-5-8-3-1-2-4-9(8)7-10;1-4(2)3;/h1-7,11H;1-3H3;1H. The van der Waals surface area contributed by atoms with Gasteiger partial charge >= 0.3 is 0 Å². The Morgan fingerprint density at radius 3 is 1.94 bits per heavy atom. The molecule has 88 valence electrons. The zero-order valence-electron chi connectivity index (χ0n) is 9.87. The number of halogens is 1. The molecule has 0 saturated heterocycles. The summed E-state index contributed by atoms with van der Waals surface area (Å²) in [5, 5.41) is 11.4. The Hall–Kier alpha value is -1.25. The summed E-state index contributed by atoms with van der Waals surface area (Å²) in [6.45, 7) is 0. The topological polar surface area (TPSA) is 24.7 Å². The summed E-state index contributed by atoms with van der Waals surface area (Å²) >= 11 is 0. The summed E-state index contributed by atoms with van der Waals surface area (Å²) in [6, 6.07) is 13.3. The Morgan fingerprint density at radius 2 is 1.38 bits per heavy atom. The molecule has 0 aromatic heterocycles. The van der Waals surface area contributed by atoms with Crippen molar-refractivity contribution in [2.75, 3.05) is 21.1 Å². The van der Waals surface area contributed by atoms with Crippen LogP contribution >= 0.6 is 0 Å². The lowest BCUT2D eigenvalue weighted by Gasteiger charge is -1.96. The first-order valence-corrected chi connectivity index (χ1v) is 5.04. The SMILES string of the molecule is C[NH+](C)C.Oc1ccc2ccccc2c1.[Cl-]. The molecule has 0 aliphatic carbocycles. The van der Waals surface area contributed by atoms with Crippen molar-refractivity contribution in [3.05, 3.63) is 42.5 Å². The van der Waals surface area contributed by atoms with Crippen LogP contribution in [0.25, 0.3) is 10.8 Å². The van der Waals surface area contributed by atoms with Gasteiger partial charge in [-0.1, -0.05) is 30.3 Å². The highest BCUT2D eigenvalue weighted by atomic mass is 35.5. The third-order valence-corrected chi connectivity index (χ3v) is 1.73. The van der Waals surface area contributed by atoms with Crippen LogP contribution in [-0.2, 0) is 0 Å². The summed E-state index contributed by atoms with van der Waals surface area (Å²) in [6.07, 6.45) is 0. The molecule has 2 N–H and O–H groups in total. The molecule has 0 atom stereocenters. The van der Waals surface area contributed by atoms with Gasteiger partial charge in [0.25, 0.3) is 0 Å². The summed E-state index contributed by atoms with van der Waals surface area (Å²) < 4.78 is 0. The van der Waals surface area contributed by atoms with E-state index in [1.54, 1.807) is 12.1 Å². The van der Waals surface area contributed by atoms with E-state index in [2.05, 4.69) is 21.1 Å². The minimum Gasteiger partial charge on any atom is -1.00 e. The molecule has 2 rings (SSSR count). The van der Waals surface area contributed by atoms with E-state index in [9.17, 15) is 0 Å². The number of hydrogen-bond donors (Lipinski definition) is 2. The van der Waals surface area contributed by atoms with Gasteiger partial charge in [-0.05, 0) is 22.9 Å². The number of hydrogen-bond acceptors (Lipinski definition) is 1. The first-order valence-electron chi connectivity index (χ1n) is 5.04. The van der Waals surface area contributed by atoms with Gasteiger partial charge in [0.15, 0.2) is 0 Å². The minimum atomic E-state index is 0. The van der Waals surface area contributed by atoms with E-state index in [0.29, 0.717) is 5.75 Å². The number of quaternary nitrogens is 1. The molecule has 0 amide bonds. The average Bonchev–Trinajstić information content (AvgIpc) is 2.16. The van der Waals surface area contributed by atoms with Gasteiger partial charge in [0.05, 0.1) is 21.1 Å². The van der Waals surface area contributed by atoms with Crippen molar-refractivity contribution in [1.29, 1.82) is 0 Å². The van der Waals surface area contributed by atoms with Crippen LogP contribution in [0.2, 0.25) is 0 Å². The van der Waals surface area contributed by atoms with Crippen molar-refractivity contribution in [2.24, 2.45) is 0 Å². The van der Waals surface area contributed by atoms with Gasteiger partial charge in [-0.15, -0.1) is 0 Å². The molecular formula is C13H18ClNO. The summed E-state index contributed by atoms with van der Waals surface area (Å²) in [4.78, 5) is 1.42. The first-order chi connectivity index (χ1) is 7.09. The first kappa shape index (κ1) is 14.8. The van der Waals surface area contributed by atoms with Crippen LogP contribution < -0.4 is 17.3 Å². The van der Waals surface area contributed by atoms with Gasteiger partial charge in [0.2, 0.25) is 0 Å². The van der Waals surface area contributed by atoms with Gasteiger partial charge < -0.3 is 22.4 Å². The summed E-state index contributed by atoms with van der Waals surface area (Å²) in [5.41, 5.74) is 0. The smallest absolute Gasteiger partial charge is 0.116 e. The van der Waals surface area contributed by atoms with Crippen molar-refractivity contribution in [1.82, 2.24) is 0 Å². The molecule has 16 heavy (non-hydrogen) atoms. The Kier molecular flexibility index (Phi) is 6.54. The lowest BCUT2D eigenvalue weighted by molar-refractivity contribution is -0.836. The van der Waals surface area contributed by atoms with Crippen LogP contribution in [0.4, 0.5) is 0 Å². The molecule has 2 nitrogen and oxygen atoms in total. The lowest BCUT2D eigenvalue weighted by atomic mass is 10.1. The zero-order chi connectivity index (χ0) is 11.3. The molecule has 0 saturated carbocycles. The molecule has 0 fully saturated rings. The fourth-order valence-electron chi connectivity index (χ4n) is 1.18. The Labute approximate surface area is 103 Å². The molecule has 0 aliphatic heterocycles. The van der Waals surface area contributed by atoms with E-state index in [-0.39, 0.29) is 12.4 Å². The zero-order valence-corrected chi connectivity index (χ0v) is 10.6. The van der Waals surface area contributed by atoms with Crippen LogP contribution in [0.1, 0.15) is 0 Å². The van der Waals surface area contributed by atoms with Crippen molar-refractivity contribution in [2.45, 2.75) is 0 Å². The number of fused-ring (bicyclic) bond motifs is 1. The second-order valence-corrected chi connectivity index (χ2v) is 4.03. The number of phenols is 1. The predicted octanol–water partition coefficient (Wildman–Crippen LogP) is -1.69. The van der Waals surface area contributed by atoms with Crippen LogP contribution in [0, 0.1) is 0 Å². The largest absolute Gasteiger partial charge is 1.00 e. The maximum absolute atomic E-state index is 9.13. The van der Waals surface area contributed by atoms with E-state index in [1.165, 1.54) is 4.90 Å². The molecule has 0 unspecified atom stereocenters. The highest BCUT2D eigenvalue weighted by Gasteiger charge is 1.91. The number of aromatic hydroxyl groups is 1. The van der Waals surface area contributed by atoms with E-state index >= 15 is 0 Å². The summed E-state index contributed by atoms with van der Waals surface area (Å²) in [5.74, 6) is 0.323. The van der Waals surface area contributed by atoms with Crippen molar-refractivity contribution >= 4 is 10.8 Å². The van der Waals surface area contributed by atoms with E-state index in [4.69, 9.17) is 5.11 Å². The van der Waals surface area contributed by atoms with Gasteiger partial charge in [-0.25, -0.2) is 0 Å². The number of rotatable bonds is 0. The van der Waals surface area contributed by atoms with Crippen LogP contribution in [0.5, 0.6) is 5.75 Å². The Morgan fingerprint density at radius 1 is 0.875 bits per heavy atom. The van der Waals surface area contributed by atoms with E-state index in [0.717, 1.165) is 10.8 Å². The third kappa shape index (κ3) is 5.01. The minimum absolute atomic E-state index is 0. The van der Waals surface area contributed by atoms with Gasteiger partial charge in [0.1, 0.15) is 5.75 Å². The second kappa shape index (κ2) is 7.09. The molecule has 0 heterocycles. The van der Waals surface area contributed by atoms with Gasteiger partial charge in [-0.3, -0.25) is 0 Å². The van der Waals surface area contributed by atoms with Crippen molar-refractivity contribution in [3.8, 4) is 5.75 Å². The number of phenolic OH excluding ortho intramolecular Hbond substituents is 1. The second-order valence-electron chi connectivity index (χ2n) is 4.03. The fraction of sp³-hybridized carbons (Fsp3) is 0.231. The molecule has 0 bridgehead atoms. The monoisotopic (exact) mass is 239 g/mol. The maximum atomic E-state index is 9.13. The van der Waals surface area contributed by atoms with Gasteiger partial charge in [0, 0.05) is 0 Å². The van der Waals surface area contributed by atoms with E-state index in [1.807, 2.05) is 30.3 Å². The highest BCUT2D eigenvalue weighted by Crippen LogP contribution is 2.18. The molecule has 3 heteroatoms. The highest BCUT2D eigenvalue weighted by molar-refractivity contribution is 5.83. The van der Waals surface area contributed by atoms with Crippen LogP contribution in [0.15, 0.2) is 42.5 Å². The average molecular weight is 240 g/mol. The van der Waals surface area contributed by atoms with E-state index < -0.39 is 0 Å². The van der Waals surface area contributed by atoms with Crippen molar-refractivity contribution < 1.29 is 22.4 Å². The molecule has 0 radical (unpaired) electrons. The normalized spacial score (nSPS) is 9.25. The Bertz CT molecular complexity index is 426. The van der Waals surface area contributed by atoms with Crippen molar-refractivity contribution in [3.63, 3.8) is 0 Å². The van der Waals surface area contributed by atoms with Crippen LogP contribution in [0.3, 0.4) is 0 Å². The predicted molar refractivity (Wildman–Crippen MR) is 64.3 cm³/mol. The molecule has 2 aromatic rings. The third-order valence-electron chi connectivity index (χ3n) is 1.73. The maximum Gasteiger partial charge on any atom is 0.116 e. The summed E-state index contributed by atoms with van der Waals surface area (Å²) in [7, 11) is 6.25. The molecule has 0 spiro atoms. The number of nitrogens with one attached hydrogen (secondary N) is 1. The molecule has 2 aromatic carbocycles. The van der Waals surface area contributed by atoms with Gasteiger partial charge in [-0.2, -0.15) is 0 Å². The molecule has 0 aliphatic rings. The van der Waals surface area contributed by atoms with Crippen LogP contribution in [-0.4, -0.2) is 26.2 Å². The molecular weight excluding hydrogens is 222 g/mol. The Balaban J connectivity index is 0.000000397. The lowest BCUT2D eigenvalue weighted by Crippen LogP contribution is -3.02. The number of benzene rings is 2. The fourth-order valence-corrected chi connectivity index (χ4v) is 1.18. The quantitative estimate of drug-likeness (QED) is 0.564.